The molecule has 0 spiro atoms. The van der Waals surface area contributed by atoms with Crippen molar-refractivity contribution < 1.29 is 0 Å². The fraction of sp³-hybridized carbons (Fsp3) is 0.118. The van der Waals surface area contributed by atoms with Gasteiger partial charge in [-0.05, 0) is 30.5 Å². The molecule has 0 amide bonds. The molecule has 4 aromatic rings. The molecular formula is C17H15ClN6S2. The molecule has 1 aromatic carbocycles. The van der Waals surface area contributed by atoms with Gasteiger partial charge in [0.05, 0.1) is 16.3 Å². The summed E-state index contributed by atoms with van der Waals surface area (Å²) in [4.78, 5) is 0.984. The first-order chi connectivity index (χ1) is 12.6. The number of aryl methyl sites for hydroxylation is 1. The first-order valence-corrected chi connectivity index (χ1v) is 10.1. The van der Waals surface area contributed by atoms with Crippen molar-refractivity contribution in [3.8, 4) is 16.4 Å². The van der Waals surface area contributed by atoms with Crippen LogP contribution in [0.2, 0.25) is 5.15 Å². The SMILES string of the molecule is Cc1nn(-c2ccccc2)c(Cl)c1CSc1nnc(-c2cccs2)n1N. The maximum atomic E-state index is 6.57. The lowest BCUT2D eigenvalue weighted by atomic mass is 10.3. The highest BCUT2D eigenvalue weighted by molar-refractivity contribution is 7.98. The summed E-state index contributed by atoms with van der Waals surface area (Å²) in [6.07, 6.45) is 0. The van der Waals surface area contributed by atoms with E-state index in [2.05, 4.69) is 15.3 Å². The number of thioether (sulfide) groups is 1. The van der Waals surface area contributed by atoms with Gasteiger partial charge in [-0.3, -0.25) is 0 Å². The van der Waals surface area contributed by atoms with Crippen LogP contribution >= 0.6 is 34.7 Å². The van der Waals surface area contributed by atoms with Crippen molar-refractivity contribution >= 4 is 34.7 Å². The second-order valence-electron chi connectivity index (χ2n) is 5.54. The average Bonchev–Trinajstić information content (AvgIpc) is 3.36. The van der Waals surface area contributed by atoms with E-state index in [1.165, 1.54) is 16.4 Å². The van der Waals surface area contributed by atoms with E-state index in [9.17, 15) is 0 Å². The molecule has 0 saturated heterocycles. The fourth-order valence-corrected chi connectivity index (χ4v) is 4.59. The van der Waals surface area contributed by atoms with Crippen LogP contribution in [0.25, 0.3) is 16.4 Å². The molecule has 0 aliphatic heterocycles. The monoisotopic (exact) mass is 402 g/mol. The number of halogens is 1. The minimum absolute atomic E-state index is 0.600. The summed E-state index contributed by atoms with van der Waals surface area (Å²) < 4.78 is 3.26. The number of aromatic nitrogens is 5. The fourth-order valence-electron chi connectivity index (χ4n) is 2.52. The Hall–Kier alpha value is -2.29. The molecule has 0 aliphatic carbocycles. The van der Waals surface area contributed by atoms with Crippen molar-refractivity contribution in [1.29, 1.82) is 0 Å². The summed E-state index contributed by atoms with van der Waals surface area (Å²) in [5.41, 5.74) is 2.77. The van der Waals surface area contributed by atoms with Crippen LogP contribution in [0.4, 0.5) is 0 Å². The molecule has 0 aliphatic rings. The molecule has 0 radical (unpaired) electrons. The molecule has 0 unspecified atom stereocenters. The standard InChI is InChI=1S/C17H15ClN6S2/c1-11-13(15(18)24(22-11)12-6-3-2-4-7-12)10-26-17-21-20-16(23(17)19)14-8-5-9-25-14/h2-9H,10,19H2,1H3. The van der Waals surface area contributed by atoms with E-state index < -0.39 is 0 Å². The quantitative estimate of drug-likeness (QED) is 0.400. The number of para-hydroxylation sites is 1. The Morgan fingerprint density at radius 2 is 1.96 bits per heavy atom. The molecule has 3 heterocycles. The number of benzene rings is 1. The first kappa shape index (κ1) is 17.1. The summed E-state index contributed by atoms with van der Waals surface area (Å²) >= 11 is 9.63. The molecule has 0 saturated carbocycles. The highest BCUT2D eigenvalue weighted by Gasteiger charge is 2.18. The van der Waals surface area contributed by atoms with Crippen LogP contribution < -0.4 is 5.84 Å². The third kappa shape index (κ3) is 3.11. The molecule has 26 heavy (non-hydrogen) atoms. The number of rotatable bonds is 5. The van der Waals surface area contributed by atoms with Gasteiger partial charge in [0.25, 0.3) is 0 Å². The lowest BCUT2D eigenvalue weighted by molar-refractivity contribution is 0.850. The van der Waals surface area contributed by atoms with E-state index in [-0.39, 0.29) is 0 Å². The maximum Gasteiger partial charge on any atom is 0.210 e. The van der Waals surface area contributed by atoms with Crippen molar-refractivity contribution in [3.05, 3.63) is 64.3 Å². The van der Waals surface area contributed by atoms with E-state index >= 15 is 0 Å². The van der Waals surface area contributed by atoms with Gasteiger partial charge in [-0.25, -0.2) is 9.36 Å². The van der Waals surface area contributed by atoms with E-state index in [1.54, 1.807) is 16.0 Å². The number of hydrogen-bond donors (Lipinski definition) is 1. The van der Waals surface area contributed by atoms with Crippen molar-refractivity contribution in [1.82, 2.24) is 24.7 Å². The van der Waals surface area contributed by atoms with Crippen LogP contribution in [0.1, 0.15) is 11.3 Å². The minimum Gasteiger partial charge on any atom is -0.335 e. The molecule has 4 rings (SSSR count). The first-order valence-electron chi connectivity index (χ1n) is 7.81. The molecule has 3 aromatic heterocycles. The summed E-state index contributed by atoms with van der Waals surface area (Å²) in [5, 5.41) is 16.2. The molecule has 132 valence electrons. The van der Waals surface area contributed by atoms with Gasteiger partial charge in [0.15, 0.2) is 5.82 Å². The molecule has 0 atom stereocenters. The van der Waals surface area contributed by atoms with Gasteiger partial charge in [-0.1, -0.05) is 47.6 Å². The van der Waals surface area contributed by atoms with Crippen LogP contribution in [-0.4, -0.2) is 24.7 Å². The predicted molar refractivity (Wildman–Crippen MR) is 106 cm³/mol. The van der Waals surface area contributed by atoms with Crippen molar-refractivity contribution in [3.63, 3.8) is 0 Å². The maximum absolute atomic E-state index is 6.57. The van der Waals surface area contributed by atoms with Gasteiger partial charge in [0.1, 0.15) is 5.15 Å². The lowest BCUT2D eigenvalue weighted by Crippen LogP contribution is -2.11. The summed E-state index contributed by atoms with van der Waals surface area (Å²) in [5.74, 6) is 7.42. The van der Waals surface area contributed by atoms with Crippen molar-refractivity contribution in [2.45, 2.75) is 17.8 Å². The topological polar surface area (TPSA) is 74.5 Å². The Labute approximate surface area is 163 Å². The van der Waals surface area contributed by atoms with E-state index in [4.69, 9.17) is 17.4 Å². The molecular weight excluding hydrogens is 388 g/mol. The summed E-state index contributed by atoms with van der Waals surface area (Å²) in [6.45, 7) is 1.95. The zero-order valence-electron chi connectivity index (χ0n) is 13.8. The predicted octanol–water partition coefficient (Wildman–Crippen LogP) is 4.16. The zero-order chi connectivity index (χ0) is 18.1. The Morgan fingerprint density at radius 3 is 2.69 bits per heavy atom. The lowest BCUT2D eigenvalue weighted by Gasteiger charge is -2.04. The highest BCUT2D eigenvalue weighted by atomic mass is 35.5. The van der Waals surface area contributed by atoms with Gasteiger partial charge >= 0.3 is 0 Å². The Balaban J connectivity index is 1.57. The third-order valence-corrected chi connectivity index (χ3v) is 6.10. The van der Waals surface area contributed by atoms with Crippen molar-refractivity contribution in [2.75, 3.05) is 5.84 Å². The van der Waals surface area contributed by atoms with Crippen LogP contribution in [0.15, 0.2) is 53.0 Å². The van der Waals surface area contributed by atoms with Gasteiger partial charge in [0, 0.05) is 11.3 Å². The normalized spacial score (nSPS) is 11.2. The molecule has 6 nitrogen and oxygen atoms in total. The second-order valence-corrected chi connectivity index (χ2v) is 7.79. The average molecular weight is 403 g/mol. The smallest absolute Gasteiger partial charge is 0.210 e. The van der Waals surface area contributed by atoms with E-state index in [0.717, 1.165) is 21.8 Å². The van der Waals surface area contributed by atoms with Crippen LogP contribution in [0.3, 0.4) is 0 Å². The van der Waals surface area contributed by atoms with Gasteiger partial charge in [-0.2, -0.15) is 5.10 Å². The van der Waals surface area contributed by atoms with Gasteiger partial charge in [-0.15, -0.1) is 21.5 Å². The molecule has 0 bridgehead atoms. The minimum atomic E-state index is 0.600. The van der Waals surface area contributed by atoms with Gasteiger partial charge < -0.3 is 5.84 Å². The van der Waals surface area contributed by atoms with Crippen LogP contribution in [0.5, 0.6) is 0 Å². The second kappa shape index (κ2) is 7.14. The van der Waals surface area contributed by atoms with Crippen LogP contribution in [0, 0.1) is 6.92 Å². The third-order valence-electron chi connectivity index (χ3n) is 3.87. The Bertz CT molecular complexity index is 1020. The number of thiophene rings is 1. The van der Waals surface area contributed by atoms with E-state index in [1.807, 2.05) is 54.8 Å². The van der Waals surface area contributed by atoms with Crippen LogP contribution in [-0.2, 0) is 5.75 Å². The molecule has 0 fully saturated rings. The Morgan fingerprint density at radius 1 is 1.15 bits per heavy atom. The van der Waals surface area contributed by atoms with Gasteiger partial charge in [0.2, 0.25) is 5.16 Å². The number of nitrogen functional groups attached to an aromatic ring is 1. The largest absolute Gasteiger partial charge is 0.335 e. The molecule has 2 N–H and O–H groups in total. The number of hydrogen-bond acceptors (Lipinski definition) is 6. The highest BCUT2D eigenvalue weighted by Crippen LogP contribution is 2.31. The Kier molecular flexibility index (Phi) is 4.71. The van der Waals surface area contributed by atoms with E-state index in [0.29, 0.717) is 21.9 Å². The summed E-state index contributed by atoms with van der Waals surface area (Å²) in [6, 6.07) is 13.8. The van der Waals surface area contributed by atoms with Crippen molar-refractivity contribution in [2.24, 2.45) is 0 Å². The summed E-state index contributed by atoms with van der Waals surface area (Å²) in [7, 11) is 0. The molecule has 9 heteroatoms. The number of nitrogens with two attached hydrogens (primary N) is 1. The zero-order valence-corrected chi connectivity index (χ0v) is 16.2. The number of nitrogens with zero attached hydrogens (tertiary/aromatic N) is 5.